The van der Waals surface area contributed by atoms with Crippen LogP contribution >= 0.6 is 0 Å². The third-order valence-electron chi connectivity index (χ3n) is 5.47. The highest BCUT2D eigenvalue weighted by atomic mass is 16.1. The maximum atomic E-state index is 12.3. The van der Waals surface area contributed by atoms with Crippen molar-refractivity contribution < 1.29 is 4.79 Å². The van der Waals surface area contributed by atoms with Crippen LogP contribution in [0.3, 0.4) is 0 Å². The van der Waals surface area contributed by atoms with Crippen LogP contribution in [0.5, 0.6) is 0 Å². The Balaban J connectivity index is 1.45. The van der Waals surface area contributed by atoms with Gasteiger partial charge >= 0.3 is 0 Å². The van der Waals surface area contributed by atoms with Crippen LogP contribution in [0.25, 0.3) is 0 Å². The molecule has 2 heterocycles. The van der Waals surface area contributed by atoms with Gasteiger partial charge in [0, 0.05) is 39.2 Å². The molecule has 3 rings (SSSR count). The van der Waals surface area contributed by atoms with Crippen LogP contribution in [-0.4, -0.2) is 35.3 Å². The molecular weight excluding hydrogens is 328 g/mol. The lowest BCUT2D eigenvalue weighted by Gasteiger charge is -2.33. The summed E-state index contributed by atoms with van der Waals surface area (Å²) in [4.78, 5) is 26.3. The first kappa shape index (κ1) is 18.7. The molecule has 1 saturated heterocycles. The van der Waals surface area contributed by atoms with E-state index in [0.717, 1.165) is 44.6 Å². The highest BCUT2D eigenvalue weighted by Gasteiger charge is 2.23. The van der Waals surface area contributed by atoms with Crippen molar-refractivity contribution in [2.75, 3.05) is 24.5 Å². The van der Waals surface area contributed by atoms with Gasteiger partial charge in [0.1, 0.15) is 0 Å². The Morgan fingerprint density at radius 1 is 1.35 bits per heavy atom. The number of hydrogen-bond acceptors (Lipinski definition) is 4. The molecule has 1 aromatic heterocycles. The molecule has 0 saturated carbocycles. The van der Waals surface area contributed by atoms with Crippen LogP contribution in [0.4, 0.5) is 5.69 Å². The number of aryl methyl sites for hydroxylation is 1. The van der Waals surface area contributed by atoms with E-state index in [9.17, 15) is 9.59 Å². The predicted octanol–water partition coefficient (Wildman–Crippen LogP) is 2.39. The standard InChI is InChI=1S/C20H30N4O2/c1-23-20(26)13-18(14-22-23)24-11-5-8-17(15-24)12-19(25)21-10-9-16-6-3-2-4-7-16/h6,13-14,17H,2-5,7-12,15H2,1H3,(H,21,25). The molecule has 1 aliphatic carbocycles. The lowest BCUT2D eigenvalue weighted by molar-refractivity contribution is -0.122. The van der Waals surface area contributed by atoms with Gasteiger partial charge in [-0.1, -0.05) is 11.6 Å². The maximum Gasteiger partial charge on any atom is 0.268 e. The van der Waals surface area contributed by atoms with E-state index in [0.29, 0.717) is 12.3 Å². The molecule has 0 spiro atoms. The first-order valence-corrected chi connectivity index (χ1v) is 9.85. The number of aromatic nitrogens is 2. The van der Waals surface area contributed by atoms with Gasteiger partial charge in [0.05, 0.1) is 11.9 Å². The summed E-state index contributed by atoms with van der Waals surface area (Å²) in [5, 5.41) is 7.19. The molecular formula is C20H30N4O2. The van der Waals surface area contributed by atoms with Crippen LogP contribution in [0.15, 0.2) is 28.7 Å². The van der Waals surface area contributed by atoms with Crippen molar-refractivity contribution in [3.8, 4) is 0 Å². The summed E-state index contributed by atoms with van der Waals surface area (Å²) in [5.41, 5.74) is 2.26. The molecule has 142 valence electrons. The largest absolute Gasteiger partial charge is 0.370 e. The zero-order valence-corrected chi connectivity index (χ0v) is 15.7. The van der Waals surface area contributed by atoms with Gasteiger partial charge in [-0.05, 0) is 50.9 Å². The second-order valence-electron chi connectivity index (χ2n) is 7.54. The Hall–Kier alpha value is -2.11. The highest BCUT2D eigenvalue weighted by molar-refractivity contribution is 5.76. The summed E-state index contributed by atoms with van der Waals surface area (Å²) in [7, 11) is 1.65. The second-order valence-corrected chi connectivity index (χ2v) is 7.54. The van der Waals surface area contributed by atoms with E-state index in [1.165, 1.54) is 35.9 Å². The number of rotatable bonds is 6. The summed E-state index contributed by atoms with van der Waals surface area (Å²) in [6.07, 6.45) is 12.7. The number of carbonyl (C=O) groups excluding carboxylic acids is 1. The molecule has 1 aliphatic heterocycles. The monoisotopic (exact) mass is 358 g/mol. The Morgan fingerprint density at radius 3 is 3.00 bits per heavy atom. The number of nitrogens with zero attached hydrogens (tertiary/aromatic N) is 3. The maximum absolute atomic E-state index is 12.3. The molecule has 1 aromatic rings. The molecule has 1 atom stereocenters. The first-order valence-electron chi connectivity index (χ1n) is 9.85. The zero-order chi connectivity index (χ0) is 18.4. The third kappa shape index (κ3) is 5.19. The number of carbonyl (C=O) groups is 1. The normalized spacial score (nSPS) is 20.6. The Morgan fingerprint density at radius 2 is 2.23 bits per heavy atom. The molecule has 1 amide bonds. The van der Waals surface area contributed by atoms with Gasteiger partial charge in [-0.25, -0.2) is 4.68 Å². The molecule has 1 N–H and O–H groups in total. The van der Waals surface area contributed by atoms with E-state index in [4.69, 9.17) is 0 Å². The Labute approximate surface area is 155 Å². The molecule has 26 heavy (non-hydrogen) atoms. The summed E-state index contributed by atoms with van der Waals surface area (Å²) in [6.45, 7) is 2.48. The highest BCUT2D eigenvalue weighted by Crippen LogP contribution is 2.24. The molecule has 6 nitrogen and oxygen atoms in total. The lowest BCUT2D eigenvalue weighted by atomic mass is 9.94. The van der Waals surface area contributed by atoms with E-state index in [1.54, 1.807) is 19.3 Å². The van der Waals surface area contributed by atoms with Gasteiger partial charge in [-0.15, -0.1) is 0 Å². The van der Waals surface area contributed by atoms with Crippen LogP contribution in [0.2, 0.25) is 0 Å². The van der Waals surface area contributed by atoms with Gasteiger partial charge in [-0.2, -0.15) is 5.10 Å². The average Bonchev–Trinajstić information content (AvgIpc) is 2.65. The quantitative estimate of drug-likeness (QED) is 0.793. The summed E-state index contributed by atoms with van der Waals surface area (Å²) < 4.78 is 1.33. The van der Waals surface area contributed by atoms with Gasteiger partial charge in [0.15, 0.2) is 0 Å². The van der Waals surface area contributed by atoms with E-state index in [2.05, 4.69) is 21.4 Å². The van der Waals surface area contributed by atoms with E-state index in [-0.39, 0.29) is 11.5 Å². The topological polar surface area (TPSA) is 67.2 Å². The molecule has 0 radical (unpaired) electrons. The first-order chi connectivity index (χ1) is 12.6. The third-order valence-corrected chi connectivity index (χ3v) is 5.47. The van der Waals surface area contributed by atoms with Gasteiger partial charge in [-0.3, -0.25) is 9.59 Å². The minimum Gasteiger partial charge on any atom is -0.370 e. The second kappa shape index (κ2) is 9.01. The van der Waals surface area contributed by atoms with Crippen LogP contribution in [0, 0.1) is 5.92 Å². The number of nitrogens with one attached hydrogen (secondary N) is 1. The molecule has 0 bridgehead atoms. The van der Waals surface area contributed by atoms with Crippen molar-refractivity contribution in [1.82, 2.24) is 15.1 Å². The molecule has 1 fully saturated rings. The number of amides is 1. The average molecular weight is 358 g/mol. The fourth-order valence-corrected chi connectivity index (χ4v) is 3.93. The van der Waals surface area contributed by atoms with Crippen LogP contribution in [0.1, 0.15) is 51.4 Å². The fraction of sp³-hybridized carbons (Fsp3) is 0.650. The fourth-order valence-electron chi connectivity index (χ4n) is 3.93. The van der Waals surface area contributed by atoms with Gasteiger partial charge < -0.3 is 10.2 Å². The minimum absolute atomic E-state index is 0.0978. The van der Waals surface area contributed by atoms with Crippen molar-refractivity contribution in [3.63, 3.8) is 0 Å². The van der Waals surface area contributed by atoms with Crippen molar-refractivity contribution in [2.45, 2.75) is 51.4 Å². The van der Waals surface area contributed by atoms with E-state index in [1.807, 2.05) is 0 Å². The summed E-state index contributed by atoms with van der Waals surface area (Å²) in [6, 6.07) is 1.63. The Kier molecular flexibility index (Phi) is 6.47. The van der Waals surface area contributed by atoms with Gasteiger partial charge in [0.2, 0.25) is 5.91 Å². The summed E-state index contributed by atoms with van der Waals surface area (Å²) in [5.74, 6) is 0.483. The molecule has 6 heteroatoms. The number of allylic oxidation sites excluding steroid dienone is 1. The van der Waals surface area contributed by atoms with Crippen molar-refractivity contribution in [2.24, 2.45) is 13.0 Å². The summed E-state index contributed by atoms with van der Waals surface area (Å²) >= 11 is 0. The van der Waals surface area contributed by atoms with Crippen molar-refractivity contribution in [3.05, 3.63) is 34.3 Å². The number of piperidine rings is 1. The van der Waals surface area contributed by atoms with Crippen LogP contribution in [-0.2, 0) is 11.8 Å². The lowest BCUT2D eigenvalue weighted by Crippen LogP contribution is -2.39. The Bertz CT molecular complexity index is 710. The number of anilines is 1. The van der Waals surface area contributed by atoms with Crippen molar-refractivity contribution in [1.29, 1.82) is 0 Å². The van der Waals surface area contributed by atoms with Crippen LogP contribution < -0.4 is 15.8 Å². The zero-order valence-electron chi connectivity index (χ0n) is 15.7. The van der Waals surface area contributed by atoms with E-state index >= 15 is 0 Å². The number of hydrogen-bond donors (Lipinski definition) is 1. The molecule has 1 unspecified atom stereocenters. The van der Waals surface area contributed by atoms with Crippen molar-refractivity contribution >= 4 is 11.6 Å². The smallest absolute Gasteiger partial charge is 0.268 e. The minimum atomic E-state index is -0.0978. The predicted molar refractivity (Wildman–Crippen MR) is 103 cm³/mol. The molecule has 2 aliphatic rings. The van der Waals surface area contributed by atoms with Gasteiger partial charge in [0.25, 0.3) is 5.56 Å². The molecule has 0 aromatic carbocycles. The SMILES string of the molecule is Cn1ncc(N2CCCC(CC(=O)NCCC3=CCCCC3)C2)cc1=O. The van der Waals surface area contributed by atoms with E-state index < -0.39 is 0 Å².